The molecule has 0 N–H and O–H groups in total. The predicted octanol–water partition coefficient (Wildman–Crippen LogP) is 5.28. The van der Waals surface area contributed by atoms with Gasteiger partial charge >= 0.3 is 0 Å². The van der Waals surface area contributed by atoms with Gasteiger partial charge in [-0.1, -0.05) is 34.1 Å². The summed E-state index contributed by atoms with van der Waals surface area (Å²) < 4.78 is 5.89. The number of likely N-dealkylation sites (N-methyl/N-ethyl adjacent to an activating group) is 1. The molecule has 1 aromatic carbocycles. The number of carbonyl (C=O) groups excluding carboxylic acids is 1. The molecule has 2 heterocycles. The fraction of sp³-hybridized carbons (Fsp3) is 0.741. The Labute approximate surface area is 195 Å². The van der Waals surface area contributed by atoms with Crippen LogP contribution in [0.15, 0.2) is 12.1 Å². The summed E-state index contributed by atoms with van der Waals surface area (Å²) in [6.45, 7) is 15.2. The second kappa shape index (κ2) is 9.62. The topological polar surface area (TPSA) is 36.0 Å². The standard InChI is InChI=1S/C27H43N3O2/c1-6-7-12-29-13-15-30(16-14-29)23-18-25-24(28(5)26(31)19-32-25)17-22(23)20-8-10-21(11-9-20)27(2,3)4/h17-18,20-21H,6-16,19H2,1-5H3. The second-order valence-corrected chi connectivity index (χ2v) is 11.2. The van der Waals surface area contributed by atoms with Gasteiger partial charge in [0, 0.05) is 45.0 Å². The van der Waals surface area contributed by atoms with E-state index in [2.05, 4.69) is 49.6 Å². The van der Waals surface area contributed by atoms with Gasteiger partial charge in [-0.05, 0) is 67.5 Å². The van der Waals surface area contributed by atoms with Crippen molar-refractivity contribution in [2.45, 2.75) is 72.1 Å². The first-order valence-electron chi connectivity index (χ1n) is 12.8. The van der Waals surface area contributed by atoms with E-state index in [0.29, 0.717) is 11.3 Å². The number of amides is 1. The fourth-order valence-corrected chi connectivity index (χ4v) is 5.79. The number of ether oxygens (including phenoxy) is 1. The SMILES string of the molecule is CCCCN1CCN(c2cc3c(cc2C2CCC(C(C)(C)C)CC2)N(C)C(=O)CO3)CC1. The summed E-state index contributed by atoms with van der Waals surface area (Å²) in [4.78, 5) is 19.3. The van der Waals surface area contributed by atoms with Crippen LogP contribution in [0.3, 0.4) is 0 Å². The maximum Gasteiger partial charge on any atom is 0.264 e. The molecule has 1 aromatic rings. The van der Waals surface area contributed by atoms with Crippen LogP contribution in [0.2, 0.25) is 0 Å². The molecular formula is C27H43N3O2. The van der Waals surface area contributed by atoms with E-state index in [1.807, 2.05) is 7.05 Å². The number of benzene rings is 1. The van der Waals surface area contributed by atoms with Gasteiger partial charge in [0.25, 0.3) is 5.91 Å². The molecule has 5 nitrogen and oxygen atoms in total. The molecule has 5 heteroatoms. The molecule has 1 saturated heterocycles. The van der Waals surface area contributed by atoms with Crippen molar-refractivity contribution in [2.75, 3.05) is 56.2 Å². The number of anilines is 2. The zero-order chi connectivity index (χ0) is 22.9. The monoisotopic (exact) mass is 441 g/mol. The van der Waals surface area contributed by atoms with Crippen LogP contribution < -0.4 is 14.5 Å². The van der Waals surface area contributed by atoms with Crippen LogP contribution in [0.25, 0.3) is 0 Å². The number of nitrogens with zero attached hydrogens (tertiary/aromatic N) is 3. The molecule has 178 valence electrons. The van der Waals surface area contributed by atoms with Crippen LogP contribution in [-0.4, -0.2) is 57.2 Å². The van der Waals surface area contributed by atoms with Gasteiger partial charge < -0.3 is 14.5 Å². The zero-order valence-corrected chi connectivity index (χ0v) is 21.0. The molecule has 1 amide bonds. The van der Waals surface area contributed by atoms with Gasteiger partial charge in [-0.3, -0.25) is 9.69 Å². The zero-order valence-electron chi connectivity index (χ0n) is 21.0. The van der Waals surface area contributed by atoms with Crippen molar-refractivity contribution >= 4 is 17.3 Å². The minimum absolute atomic E-state index is 0.0391. The van der Waals surface area contributed by atoms with Crippen LogP contribution in [0.5, 0.6) is 5.75 Å². The third-order valence-corrected chi connectivity index (χ3v) is 8.13. The first kappa shape index (κ1) is 23.4. The first-order chi connectivity index (χ1) is 15.3. The number of fused-ring (bicyclic) bond motifs is 1. The maximum absolute atomic E-state index is 12.3. The lowest BCUT2D eigenvalue weighted by Gasteiger charge is -2.41. The average molecular weight is 442 g/mol. The van der Waals surface area contributed by atoms with Gasteiger partial charge in [-0.25, -0.2) is 0 Å². The normalized spacial score (nSPS) is 25.0. The van der Waals surface area contributed by atoms with E-state index in [1.165, 1.54) is 56.3 Å². The molecule has 0 aromatic heterocycles. The summed E-state index contributed by atoms with van der Waals surface area (Å²) in [5, 5.41) is 0. The Morgan fingerprint density at radius 1 is 1.00 bits per heavy atom. The lowest BCUT2D eigenvalue weighted by Crippen LogP contribution is -2.47. The third-order valence-electron chi connectivity index (χ3n) is 8.13. The summed E-state index contributed by atoms with van der Waals surface area (Å²) >= 11 is 0. The van der Waals surface area contributed by atoms with Crippen molar-refractivity contribution in [2.24, 2.45) is 11.3 Å². The van der Waals surface area contributed by atoms with Crippen molar-refractivity contribution in [3.8, 4) is 5.75 Å². The maximum atomic E-state index is 12.3. The van der Waals surface area contributed by atoms with E-state index >= 15 is 0 Å². The van der Waals surface area contributed by atoms with E-state index in [0.717, 1.165) is 43.5 Å². The number of unbranched alkanes of at least 4 members (excludes halogenated alkanes) is 1. The Balaban J connectivity index is 1.59. The molecule has 0 radical (unpaired) electrons. The Hall–Kier alpha value is -1.75. The molecule has 2 fully saturated rings. The molecule has 1 saturated carbocycles. The highest BCUT2D eigenvalue weighted by atomic mass is 16.5. The largest absolute Gasteiger partial charge is 0.481 e. The van der Waals surface area contributed by atoms with E-state index in [-0.39, 0.29) is 12.5 Å². The van der Waals surface area contributed by atoms with Crippen LogP contribution in [-0.2, 0) is 4.79 Å². The predicted molar refractivity (Wildman–Crippen MR) is 133 cm³/mol. The van der Waals surface area contributed by atoms with E-state index in [1.54, 1.807) is 4.90 Å². The van der Waals surface area contributed by atoms with E-state index < -0.39 is 0 Å². The van der Waals surface area contributed by atoms with Gasteiger partial charge in [-0.2, -0.15) is 0 Å². The summed E-state index contributed by atoms with van der Waals surface area (Å²) in [6, 6.07) is 4.53. The summed E-state index contributed by atoms with van der Waals surface area (Å²) in [5.41, 5.74) is 4.11. The summed E-state index contributed by atoms with van der Waals surface area (Å²) in [5.74, 6) is 2.27. The van der Waals surface area contributed by atoms with Crippen molar-refractivity contribution in [1.82, 2.24) is 4.90 Å². The van der Waals surface area contributed by atoms with Gasteiger partial charge in [-0.15, -0.1) is 0 Å². The molecule has 0 bridgehead atoms. The smallest absolute Gasteiger partial charge is 0.264 e. The van der Waals surface area contributed by atoms with Gasteiger partial charge in [0.05, 0.1) is 5.69 Å². The lowest BCUT2D eigenvalue weighted by atomic mass is 9.68. The minimum atomic E-state index is 0.0391. The number of carbonyl (C=O) groups is 1. The second-order valence-electron chi connectivity index (χ2n) is 11.2. The number of piperazine rings is 1. The van der Waals surface area contributed by atoms with Crippen molar-refractivity contribution in [1.29, 1.82) is 0 Å². The Kier molecular flexibility index (Phi) is 7.04. The van der Waals surface area contributed by atoms with Crippen molar-refractivity contribution in [3.05, 3.63) is 17.7 Å². The minimum Gasteiger partial charge on any atom is -0.481 e. The van der Waals surface area contributed by atoms with Crippen molar-refractivity contribution < 1.29 is 9.53 Å². The molecule has 1 aliphatic carbocycles. The Morgan fingerprint density at radius 2 is 1.69 bits per heavy atom. The highest BCUT2D eigenvalue weighted by Crippen LogP contribution is 2.48. The Morgan fingerprint density at radius 3 is 2.31 bits per heavy atom. The van der Waals surface area contributed by atoms with E-state index in [4.69, 9.17) is 4.74 Å². The number of rotatable bonds is 5. The molecule has 3 aliphatic rings. The fourth-order valence-electron chi connectivity index (χ4n) is 5.79. The molecule has 32 heavy (non-hydrogen) atoms. The van der Waals surface area contributed by atoms with E-state index in [9.17, 15) is 4.79 Å². The molecule has 0 unspecified atom stereocenters. The highest BCUT2D eigenvalue weighted by Gasteiger charge is 2.34. The molecule has 0 spiro atoms. The van der Waals surface area contributed by atoms with Crippen LogP contribution in [0, 0.1) is 11.3 Å². The molecular weight excluding hydrogens is 398 g/mol. The number of hydrogen-bond donors (Lipinski definition) is 0. The summed E-state index contributed by atoms with van der Waals surface area (Å²) in [7, 11) is 1.89. The quantitative estimate of drug-likeness (QED) is 0.622. The van der Waals surface area contributed by atoms with Crippen LogP contribution >= 0.6 is 0 Å². The third kappa shape index (κ3) is 4.93. The summed E-state index contributed by atoms with van der Waals surface area (Å²) in [6.07, 6.45) is 7.61. The van der Waals surface area contributed by atoms with Crippen molar-refractivity contribution in [3.63, 3.8) is 0 Å². The first-order valence-corrected chi connectivity index (χ1v) is 12.8. The van der Waals surface area contributed by atoms with Gasteiger partial charge in [0.2, 0.25) is 0 Å². The number of hydrogen-bond acceptors (Lipinski definition) is 4. The average Bonchev–Trinajstić information content (AvgIpc) is 2.79. The molecule has 2 aliphatic heterocycles. The van der Waals surface area contributed by atoms with Crippen LogP contribution in [0.4, 0.5) is 11.4 Å². The van der Waals surface area contributed by atoms with Crippen LogP contribution in [0.1, 0.15) is 77.7 Å². The Bertz CT molecular complexity index is 800. The lowest BCUT2D eigenvalue weighted by molar-refractivity contribution is -0.120. The van der Waals surface area contributed by atoms with Gasteiger partial charge in [0.1, 0.15) is 5.75 Å². The van der Waals surface area contributed by atoms with Gasteiger partial charge in [0.15, 0.2) is 6.61 Å². The molecule has 4 rings (SSSR count). The molecule has 0 atom stereocenters. The highest BCUT2D eigenvalue weighted by molar-refractivity contribution is 5.98.